The number of hydrogen-bond donors (Lipinski definition) is 0. The average molecular weight is 285 g/mol. The van der Waals surface area contributed by atoms with E-state index in [2.05, 4.69) is 0 Å². The van der Waals surface area contributed by atoms with Crippen molar-refractivity contribution in [1.82, 2.24) is 4.90 Å². The summed E-state index contributed by atoms with van der Waals surface area (Å²) >= 11 is 0.539. The maximum atomic E-state index is 12.2. The van der Waals surface area contributed by atoms with Gasteiger partial charge in [-0.1, -0.05) is 30.3 Å². The van der Waals surface area contributed by atoms with Crippen molar-refractivity contribution in [1.29, 1.82) is 0 Å². The molecule has 2 rings (SSSR count). The van der Waals surface area contributed by atoms with Crippen molar-refractivity contribution in [2.24, 2.45) is 0 Å². The number of nitrogens with zero attached hydrogens (tertiary/aromatic N) is 1. The Morgan fingerprint density at radius 1 is 1.17 bits per heavy atom. The van der Waals surface area contributed by atoms with Crippen LogP contribution in [-0.4, -0.2) is 37.8 Å². The van der Waals surface area contributed by atoms with Gasteiger partial charge in [0, 0.05) is 13.3 Å². The molecule has 1 atom stereocenters. The molecule has 0 N–H and O–H groups in total. The molecule has 0 aromatic heterocycles. The second-order valence-electron chi connectivity index (χ2n) is 3.99. The third kappa shape index (κ3) is 1.65. The first-order valence-corrected chi connectivity index (χ1v) is 7.78. The summed E-state index contributed by atoms with van der Waals surface area (Å²) in [5.74, 6) is -0.716. The highest BCUT2D eigenvalue weighted by Gasteiger charge is 2.59. The van der Waals surface area contributed by atoms with Gasteiger partial charge in [-0.2, -0.15) is 0 Å². The van der Waals surface area contributed by atoms with E-state index < -0.39 is 25.1 Å². The molecule has 1 aromatic rings. The van der Waals surface area contributed by atoms with Crippen LogP contribution in [0.5, 0.6) is 0 Å². The molecule has 96 valence electrons. The van der Waals surface area contributed by atoms with Gasteiger partial charge in [0.15, 0.2) is 9.84 Å². The molecule has 0 radical (unpaired) electrons. The zero-order valence-corrected chi connectivity index (χ0v) is 11.4. The van der Waals surface area contributed by atoms with E-state index in [1.54, 1.807) is 30.3 Å². The highest BCUT2D eigenvalue weighted by Crippen LogP contribution is 2.48. The summed E-state index contributed by atoms with van der Waals surface area (Å²) in [4.78, 5) is 24.7. The van der Waals surface area contributed by atoms with Gasteiger partial charge in [-0.15, -0.1) is 0 Å². The van der Waals surface area contributed by atoms with Gasteiger partial charge in [-0.25, -0.2) is 8.42 Å². The van der Waals surface area contributed by atoms with E-state index >= 15 is 0 Å². The molecule has 1 aromatic carbocycles. The molecule has 1 unspecified atom stereocenters. The van der Waals surface area contributed by atoms with Gasteiger partial charge in [-0.05, 0) is 17.3 Å². The summed E-state index contributed by atoms with van der Waals surface area (Å²) in [6.07, 6.45) is 0.970. The molecule has 2 amide bonds. The average Bonchev–Trinajstić information content (AvgIpc) is 2.55. The van der Waals surface area contributed by atoms with Crippen LogP contribution in [0, 0.1) is 0 Å². The van der Waals surface area contributed by atoms with E-state index in [4.69, 9.17) is 0 Å². The highest BCUT2D eigenvalue weighted by molar-refractivity contribution is 8.24. The molecule has 18 heavy (non-hydrogen) atoms. The maximum Gasteiger partial charge on any atom is 0.290 e. The first-order valence-electron chi connectivity index (χ1n) is 5.07. The number of hydrogen-bond acceptors (Lipinski definition) is 5. The van der Waals surface area contributed by atoms with Crippen molar-refractivity contribution in [3.63, 3.8) is 0 Å². The largest absolute Gasteiger partial charge is 0.290 e. The summed E-state index contributed by atoms with van der Waals surface area (Å²) in [6.45, 7) is 0. The molecule has 1 aliphatic heterocycles. The lowest BCUT2D eigenvalue weighted by Crippen LogP contribution is -2.41. The second-order valence-corrected chi connectivity index (χ2v) is 7.57. The molecule has 0 saturated carbocycles. The highest BCUT2D eigenvalue weighted by atomic mass is 32.3. The van der Waals surface area contributed by atoms with E-state index in [0.717, 1.165) is 11.2 Å². The van der Waals surface area contributed by atoms with Gasteiger partial charge >= 0.3 is 0 Å². The van der Waals surface area contributed by atoms with Crippen LogP contribution in [0.4, 0.5) is 4.79 Å². The fraction of sp³-hybridized carbons (Fsp3) is 0.273. The number of benzene rings is 1. The van der Waals surface area contributed by atoms with Crippen LogP contribution in [0.2, 0.25) is 0 Å². The lowest BCUT2D eigenvalue weighted by Gasteiger charge is -2.23. The van der Waals surface area contributed by atoms with E-state index in [0.29, 0.717) is 17.3 Å². The summed E-state index contributed by atoms with van der Waals surface area (Å²) in [6, 6.07) is 8.07. The SMILES string of the molecule is CN1C(=O)SC(c2ccccc2)(S(C)(=O)=O)C1=O. The Hall–Kier alpha value is -1.34. The van der Waals surface area contributed by atoms with Gasteiger partial charge in [0.25, 0.3) is 11.1 Å². The van der Waals surface area contributed by atoms with E-state index in [9.17, 15) is 18.0 Å². The van der Waals surface area contributed by atoms with E-state index in [1.807, 2.05) is 0 Å². The number of rotatable bonds is 2. The van der Waals surface area contributed by atoms with Crippen molar-refractivity contribution in [2.75, 3.05) is 13.3 Å². The van der Waals surface area contributed by atoms with E-state index in [-0.39, 0.29) is 0 Å². The smallest absolute Gasteiger partial charge is 0.274 e. The van der Waals surface area contributed by atoms with Crippen molar-refractivity contribution < 1.29 is 18.0 Å². The lowest BCUT2D eigenvalue weighted by molar-refractivity contribution is -0.126. The first kappa shape index (κ1) is 13.1. The molecule has 7 heteroatoms. The molecule has 1 aliphatic rings. The zero-order valence-electron chi connectivity index (χ0n) is 9.78. The zero-order chi connectivity index (χ0) is 13.6. The minimum Gasteiger partial charge on any atom is -0.274 e. The predicted molar refractivity (Wildman–Crippen MR) is 68.7 cm³/mol. The van der Waals surface area contributed by atoms with Crippen LogP contribution in [-0.2, 0) is 18.7 Å². The Labute approximate surface area is 109 Å². The van der Waals surface area contributed by atoms with Gasteiger partial charge < -0.3 is 0 Å². The van der Waals surface area contributed by atoms with Gasteiger partial charge in [0.1, 0.15) is 0 Å². The number of amides is 2. The molecule has 0 spiro atoms. The predicted octanol–water partition coefficient (Wildman–Crippen LogP) is 1.21. The first-order chi connectivity index (χ1) is 8.30. The second kappa shape index (κ2) is 4.10. The Kier molecular flexibility index (Phi) is 2.98. The van der Waals surface area contributed by atoms with Crippen molar-refractivity contribution in [2.45, 2.75) is 4.08 Å². The maximum absolute atomic E-state index is 12.2. The monoisotopic (exact) mass is 285 g/mol. The molecule has 1 heterocycles. The minimum absolute atomic E-state index is 0.306. The fourth-order valence-corrected chi connectivity index (χ4v) is 4.61. The molecule has 0 aliphatic carbocycles. The molecule has 1 fully saturated rings. The summed E-state index contributed by atoms with van der Waals surface area (Å²) in [5, 5.41) is -0.561. The molecular formula is C11H11NO4S2. The van der Waals surface area contributed by atoms with Crippen molar-refractivity contribution >= 4 is 32.7 Å². The number of carbonyl (C=O) groups is 2. The van der Waals surface area contributed by atoms with Crippen LogP contribution >= 0.6 is 11.8 Å². The number of carbonyl (C=O) groups excluding carboxylic acids is 2. The normalized spacial score (nSPS) is 24.7. The van der Waals surface area contributed by atoms with Crippen molar-refractivity contribution in [3.05, 3.63) is 35.9 Å². The van der Waals surface area contributed by atoms with Gasteiger partial charge in [0.05, 0.1) is 0 Å². The quantitative estimate of drug-likeness (QED) is 0.816. The number of sulfone groups is 1. The Bertz CT molecular complexity index is 611. The third-order valence-electron chi connectivity index (χ3n) is 2.77. The van der Waals surface area contributed by atoms with Crippen LogP contribution in [0.25, 0.3) is 0 Å². The molecule has 0 bridgehead atoms. The van der Waals surface area contributed by atoms with Crippen LogP contribution in [0.15, 0.2) is 30.3 Å². The van der Waals surface area contributed by atoms with Crippen molar-refractivity contribution in [3.8, 4) is 0 Å². The van der Waals surface area contributed by atoms with Crippen LogP contribution in [0.3, 0.4) is 0 Å². The Balaban J connectivity index is 2.73. The molecular weight excluding hydrogens is 274 g/mol. The minimum atomic E-state index is -3.78. The number of thioether (sulfide) groups is 1. The fourth-order valence-electron chi connectivity index (χ4n) is 1.83. The molecule has 1 saturated heterocycles. The topological polar surface area (TPSA) is 71.5 Å². The standard InChI is InChI=1S/C11H11NO4S2/c1-12-9(13)11(17-10(12)14,18(2,15)16)8-6-4-3-5-7-8/h3-7H,1-2H3. The molecule has 5 nitrogen and oxygen atoms in total. The summed E-state index contributed by atoms with van der Waals surface area (Å²) in [5.41, 5.74) is 0.306. The van der Waals surface area contributed by atoms with E-state index in [1.165, 1.54) is 7.05 Å². The summed E-state index contributed by atoms with van der Waals surface area (Å²) < 4.78 is 22.2. The third-order valence-corrected chi connectivity index (χ3v) is 6.53. The lowest BCUT2D eigenvalue weighted by atomic mass is 10.1. The number of likely N-dealkylation sites (N-methyl/N-ethyl adjacent to an activating group) is 1. The Morgan fingerprint density at radius 3 is 2.11 bits per heavy atom. The summed E-state index contributed by atoms with van der Waals surface area (Å²) in [7, 11) is -2.50. The number of imide groups is 1. The van der Waals surface area contributed by atoms with Crippen LogP contribution in [0.1, 0.15) is 5.56 Å². The van der Waals surface area contributed by atoms with Gasteiger partial charge in [-0.3, -0.25) is 14.5 Å². The van der Waals surface area contributed by atoms with Gasteiger partial charge in [0.2, 0.25) is 4.08 Å². The Morgan fingerprint density at radius 2 is 1.72 bits per heavy atom. The van der Waals surface area contributed by atoms with Crippen LogP contribution < -0.4 is 0 Å².